The van der Waals surface area contributed by atoms with Gasteiger partial charge in [-0.3, -0.25) is 4.79 Å². The van der Waals surface area contributed by atoms with Gasteiger partial charge in [0, 0.05) is 18.7 Å². The number of methoxy groups -OCH3 is 2. The van der Waals surface area contributed by atoms with E-state index < -0.39 is 0 Å². The zero-order valence-corrected chi connectivity index (χ0v) is 20.1. The number of aromatic nitrogens is 4. The zero-order chi connectivity index (χ0) is 23.9. The summed E-state index contributed by atoms with van der Waals surface area (Å²) in [6.07, 6.45) is 5.38. The molecule has 2 aromatic carbocycles. The maximum atomic E-state index is 13.4. The zero-order valence-electron chi connectivity index (χ0n) is 19.3. The first-order valence-electron chi connectivity index (χ1n) is 11.3. The number of hydrogen-bond donors (Lipinski definition) is 0. The Hall–Kier alpha value is -3.14. The third kappa shape index (κ3) is 5.67. The summed E-state index contributed by atoms with van der Waals surface area (Å²) >= 11 is 1.27. The number of rotatable bonds is 9. The molecule has 1 aliphatic carbocycles. The van der Waals surface area contributed by atoms with Crippen LogP contribution < -0.4 is 9.47 Å². The Balaban J connectivity index is 1.51. The molecule has 0 spiro atoms. The van der Waals surface area contributed by atoms with E-state index >= 15 is 0 Å². The Morgan fingerprint density at radius 1 is 1.12 bits per heavy atom. The van der Waals surface area contributed by atoms with Crippen LogP contribution in [0.4, 0.5) is 4.39 Å². The van der Waals surface area contributed by atoms with Crippen molar-refractivity contribution < 1.29 is 18.7 Å². The van der Waals surface area contributed by atoms with E-state index in [2.05, 4.69) is 15.5 Å². The van der Waals surface area contributed by atoms with Crippen LogP contribution in [0.3, 0.4) is 0 Å². The van der Waals surface area contributed by atoms with Crippen LogP contribution in [0.15, 0.2) is 47.6 Å². The summed E-state index contributed by atoms with van der Waals surface area (Å²) in [4.78, 5) is 15.3. The van der Waals surface area contributed by atoms with Crippen molar-refractivity contribution in [3.63, 3.8) is 0 Å². The maximum absolute atomic E-state index is 13.4. The van der Waals surface area contributed by atoms with Crippen LogP contribution >= 0.6 is 11.8 Å². The van der Waals surface area contributed by atoms with Crippen molar-refractivity contribution in [2.24, 2.45) is 0 Å². The minimum absolute atomic E-state index is 0.00776. The Bertz CT molecular complexity index is 1100. The van der Waals surface area contributed by atoms with Gasteiger partial charge in [-0.05, 0) is 53.1 Å². The van der Waals surface area contributed by atoms with Gasteiger partial charge in [-0.1, -0.05) is 43.2 Å². The second kappa shape index (κ2) is 11.3. The van der Waals surface area contributed by atoms with Gasteiger partial charge in [0.2, 0.25) is 11.1 Å². The predicted octanol–water partition coefficient (Wildman–Crippen LogP) is 4.27. The lowest BCUT2D eigenvalue weighted by molar-refractivity contribution is -0.132. The lowest BCUT2D eigenvalue weighted by atomic mass is 9.94. The lowest BCUT2D eigenvalue weighted by Gasteiger charge is -2.34. The summed E-state index contributed by atoms with van der Waals surface area (Å²) in [5.74, 6) is 1.13. The molecular formula is C24H28FN5O3S. The number of tetrazole rings is 1. The van der Waals surface area contributed by atoms with Crippen molar-refractivity contribution in [1.82, 2.24) is 25.1 Å². The van der Waals surface area contributed by atoms with Gasteiger partial charge < -0.3 is 14.4 Å². The highest BCUT2D eigenvalue weighted by molar-refractivity contribution is 7.99. The van der Waals surface area contributed by atoms with Gasteiger partial charge in [0.25, 0.3) is 0 Å². The monoisotopic (exact) mass is 485 g/mol. The third-order valence-electron chi connectivity index (χ3n) is 5.98. The second-order valence-electron chi connectivity index (χ2n) is 8.14. The highest BCUT2D eigenvalue weighted by Crippen LogP contribution is 2.30. The number of halogens is 1. The third-order valence-corrected chi connectivity index (χ3v) is 6.89. The van der Waals surface area contributed by atoms with Crippen LogP contribution in [0.25, 0.3) is 5.69 Å². The lowest BCUT2D eigenvalue weighted by Crippen LogP contribution is -2.42. The number of hydrogen-bond acceptors (Lipinski definition) is 7. The molecule has 0 radical (unpaired) electrons. The average molecular weight is 486 g/mol. The van der Waals surface area contributed by atoms with E-state index in [4.69, 9.17) is 9.47 Å². The molecule has 0 aliphatic heterocycles. The number of thioether (sulfide) groups is 1. The molecule has 0 unspecified atom stereocenters. The molecule has 0 bridgehead atoms. The van der Waals surface area contributed by atoms with Crippen LogP contribution in [0.2, 0.25) is 0 Å². The number of benzene rings is 2. The first kappa shape index (κ1) is 24.0. The van der Waals surface area contributed by atoms with Crippen molar-refractivity contribution in [3.05, 3.63) is 53.8 Å². The summed E-state index contributed by atoms with van der Waals surface area (Å²) in [7, 11) is 3.16. The highest BCUT2D eigenvalue weighted by atomic mass is 32.2. The molecule has 1 aromatic heterocycles. The summed E-state index contributed by atoms with van der Waals surface area (Å²) in [6, 6.07) is 11.9. The molecule has 8 nitrogen and oxygen atoms in total. The summed E-state index contributed by atoms with van der Waals surface area (Å²) in [5, 5.41) is 12.5. The molecule has 10 heteroatoms. The number of amides is 1. The molecule has 0 saturated heterocycles. The van der Waals surface area contributed by atoms with E-state index in [1.165, 1.54) is 30.3 Å². The number of ether oxygens (including phenoxy) is 2. The van der Waals surface area contributed by atoms with Crippen LogP contribution in [-0.4, -0.2) is 57.0 Å². The minimum Gasteiger partial charge on any atom is -0.497 e. The summed E-state index contributed by atoms with van der Waals surface area (Å²) in [6.45, 7) is 0.457. The Morgan fingerprint density at radius 3 is 2.59 bits per heavy atom. The number of nitrogens with zero attached hydrogens (tertiary/aromatic N) is 5. The van der Waals surface area contributed by atoms with Crippen molar-refractivity contribution in [1.29, 1.82) is 0 Å². The van der Waals surface area contributed by atoms with Crippen molar-refractivity contribution in [2.75, 3.05) is 20.0 Å². The molecule has 3 aromatic rings. The molecule has 1 aliphatic rings. The Labute approximate surface area is 202 Å². The largest absolute Gasteiger partial charge is 0.497 e. The van der Waals surface area contributed by atoms with E-state index in [0.29, 0.717) is 28.9 Å². The summed E-state index contributed by atoms with van der Waals surface area (Å²) in [5.41, 5.74) is 1.54. The van der Waals surface area contributed by atoms with Crippen LogP contribution in [0.5, 0.6) is 11.5 Å². The van der Waals surface area contributed by atoms with Gasteiger partial charge in [0.1, 0.15) is 23.0 Å². The standard InChI is InChI=1S/C24H28FN5O3S/c1-32-20-12-13-22(33-2)21(14-20)30-24(26-27-28-30)34-16-23(31)29(19-6-4-3-5-7-19)15-17-8-10-18(25)11-9-17/h8-14,19H,3-7,15-16H2,1-2H3. The van der Waals surface area contributed by atoms with E-state index in [1.54, 1.807) is 49.2 Å². The van der Waals surface area contributed by atoms with Gasteiger partial charge in [-0.25, -0.2) is 4.39 Å². The van der Waals surface area contributed by atoms with E-state index in [1.807, 2.05) is 4.90 Å². The van der Waals surface area contributed by atoms with E-state index in [0.717, 1.165) is 31.2 Å². The molecule has 180 valence electrons. The molecule has 0 atom stereocenters. The fourth-order valence-corrected chi connectivity index (χ4v) is 4.96. The van der Waals surface area contributed by atoms with Gasteiger partial charge in [0.05, 0.1) is 20.0 Å². The van der Waals surface area contributed by atoms with E-state index in [-0.39, 0.29) is 23.5 Å². The summed E-state index contributed by atoms with van der Waals surface area (Å²) < 4.78 is 25.7. The SMILES string of the molecule is COc1ccc(OC)c(-n2nnnc2SCC(=O)N(Cc2ccc(F)cc2)C2CCCCC2)c1. The quantitative estimate of drug-likeness (QED) is 0.419. The molecule has 1 heterocycles. The first-order chi connectivity index (χ1) is 16.6. The van der Waals surface area contributed by atoms with Crippen LogP contribution in [-0.2, 0) is 11.3 Å². The van der Waals surface area contributed by atoms with Gasteiger partial charge >= 0.3 is 0 Å². The van der Waals surface area contributed by atoms with Crippen molar-refractivity contribution in [2.45, 2.75) is 49.8 Å². The molecule has 1 amide bonds. The molecule has 1 fully saturated rings. The molecule has 34 heavy (non-hydrogen) atoms. The highest BCUT2D eigenvalue weighted by Gasteiger charge is 2.26. The number of carbonyl (C=O) groups is 1. The Kier molecular flexibility index (Phi) is 7.99. The van der Waals surface area contributed by atoms with Gasteiger partial charge in [-0.15, -0.1) is 5.10 Å². The second-order valence-corrected chi connectivity index (χ2v) is 9.08. The molecular weight excluding hydrogens is 457 g/mol. The van der Waals surface area contributed by atoms with Crippen LogP contribution in [0.1, 0.15) is 37.7 Å². The fraction of sp³-hybridized carbons (Fsp3) is 0.417. The van der Waals surface area contributed by atoms with Crippen LogP contribution in [0, 0.1) is 5.82 Å². The first-order valence-corrected chi connectivity index (χ1v) is 12.2. The fourth-order valence-electron chi connectivity index (χ4n) is 4.19. The molecule has 4 rings (SSSR count). The van der Waals surface area contributed by atoms with Crippen molar-refractivity contribution >= 4 is 17.7 Å². The van der Waals surface area contributed by atoms with Crippen molar-refractivity contribution in [3.8, 4) is 17.2 Å². The Morgan fingerprint density at radius 2 is 1.88 bits per heavy atom. The smallest absolute Gasteiger partial charge is 0.233 e. The van der Waals surface area contributed by atoms with Gasteiger partial charge in [0.15, 0.2) is 0 Å². The molecule has 0 N–H and O–H groups in total. The van der Waals surface area contributed by atoms with E-state index in [9.17, 15) is 9.18 Å². The molecule has 1 saturated carbocycles. The number of carbonyl (C=O) groups excluding carboxylic acids is 1. The topological polar surface area (TPSA) is 82.4 Å². The van der Waals surface area contributed by atoms with Gasteiger partial charge in [-0.2, -0.15) is 4.68 Å². The predicted molar refractivity (Wildman–Crippen MR) is 127 cm³/mol. The average Bonchev–Trinajstić information content (AvgIpc) is 3.35. The maximum Gasteiger partial charge on any atom is 0.233 e. The normalized spacial score (nSPS) is 14.1. The minimum atomic E-state index is -0.283.